The van der Waals surface area contributed by atoms with E-state index in [0.29, 0.717) is 0 Å². The van der Waals surface area contributed by atoms with Crippen LogP contribution >= 0.6 is 20.8 Å². The normalized spacial score (nSPS) is 12.5. The molecule has 0 bridgehead atoms. The number of benzene rings is 4. The Kier molecular flexibility index (Phi) is 14.7. The summed E-state index contributed by atoms with van der Waals surface area (Å²) in [5.41, 5.74) is 1.45. The van der Waals surface area contributed by atoms with Gasteiger partial charge in [-0.2, -0.15) is 0 Å². The summed E-state index contributed by atoms with van der Waals surface area (Å²) in [5.74, 6) is 0. The van der Waals surface area contributed by atoms with E-state index in [4.69, 9.17) is 0 Å². The van der Waals surface area contributed by atoms with Gasteiger partial charge < -0.3 is 0 Å². The van der Waals surface area contributed by atoms with Crippen LogP contribution in [0.4, 0.5) is 0 Å². The first kappa shape index (κ1) is 34.7. The van der Waals surface area contributed by atoms with Crippen LogP contribution in [0.2, 0.25) is 0 Å². The van der Waals surface area contributed by atoms with Crippen LogP contribution in [-0.4, -0.2) is 0 Å². The maximum absolute atomic E-state index is 4.61. The molecular weight excluding hydrogens is 615 g/mol. The molecule has 2 heteroatoms. The van der Waals surface area contributed by atoms with Crippen molar-refractivity contribution in [3.05, 3.63) is 121 Å². The van der Waals surface area contributed by atoms with E-state index in [1.54, 1.807) is 0 Å². The van der Waals surface area contributed by atoms with Crippen molar-refractivity contribution in [3.8, 4) is 0 Å². The quantitative estimate of drug-likeness (QED) is 0.0611. The topological polar surface area (TPSA) is 0 Å². The molecule has 0 aliphatic rings. The van der Waals surface area contributed by atoms with E-state index in [1.807, 2.05) is 0 Å². The van der Waals surface area contributed by atoms with Gasteiger partial charge in [0.2, 0.25) is 0 Å². The van der Waals surface area contributed by atoms with Gasteiger partial charge in [0.15, 0.2) is 0 Å². The van der Waals surface area contributed by atoms with Gasteiger partial charge in [0.1, 0.15) is 0 Å². The van der Waals surface area contributed by atoms with Crippen LogP contribution in [0, 0.1) is 0 Å². The summed E-state index contributed by atoms with van der Waals surface area (Å²) in [5, 5.41) is 2.25. The zero-order valence-electron chi connectivity index (χ0n) is 27.3. The van der Waals surface area contributed by atoms with Crippen LogP contribution in [0.1, 0.15) is 115 Å². The molecule has 0 nitrogen and oxygen atoms in total. The summed E-state index contributed by atoms with van der Waals surface area (Å²) >= 11 is 4.61. The molecule has 0 saturated carbocycles. The van der Waals surface area contributed by atoms with E-state index in [0.717, 1.165) is 0 Å². The number of aryl methyl sites for hydroxylation is 1. The van der Waals surface area contributed by atoms with Gasteiger partial charge in [-0.3, -0.25) is 0 Å². The van der Waals surface area contributed by atoms with E-state index in [-0.39, 0.29) is 0 Å². The second-order valence-electron chi connectivity index (χ2n) is 12.7. The van der Waals surface area contributed by atoms with E-state index in [1.165, 1.54) is 136 Å². The summed E-state index contributed by atoms with van der Waals surface area (Å²) in [6, 6.07) is 42.8. The summed E-state index contributed by atoms with van der Waals surface area (Å²) in [6.45, 7) is 2.30. The Morgan fingerprint density at radius 1 is 0.364 bits per heavy atom. The van der Waals surface area contributed by atoms with Crippen molar-refractivity contribution in [2.75, 3.05) is 0 Å². The molecule has 0 spiro atoms. The zero-order valence-corrected chi connectivity index (χ0v) is 29.8. The summed E-state index contributed by atoms with van der Waals surface area (Å²) in [6.07, 6.45) is 23.8. The van der Waals surface area contributed by atoms with Crippen molar-refractivity contribution in [1.29, 1.82) is 0 Å². The molecule has 0 unspecified atom stereocenters. The second-order valence-corrected chi connectivity index (χ2v) is 21.1. The number of halogens is 1. The van der Waals surface area contributed by atoms with Crippen LogP contribution in [0.5, 0.6) is 0 Å². The Balaban J connectivity index is 1.28. The molecule has 0 saturated heterocycles. The Morgan fingerprint density at radius 3 is 1.00 bits per heavy atom. The average Bonchev–Trinajstić information content (AvgIpc) is 3.09. The summed E-state index contributed by atoms with van der Waals surface area (Å²) in [4.78, 5) is 0. The maximum atomic E-state index is 4.61. The van der Waals surface area contributed by atoms with Gasteiger partial charge in [-0.05, 0) is 0 Å². The first-order valence-corrected chi connectivity index (χ1v) is 21.9. The van der Waals surface area contributed by atoms with Gasteiger partial charge >= 0.3 is 214 Å². The molecule has 4 aromatic carbocycles. The molecular formula is C42H56BrP. The van der Waals surface area contributed by atoms with Crippen molar-refractivity contribution >= 4 is 42.0 Å². The van der Waals surface area contributed by atoms with Gasteiger partial charge in [0.05, 0.1) is 0 Å². The fraction of sp³-hybridized carbons (Fsp3) is 0.429. The molecule has 236 valence electrons. The third-order valence-corrected chi connectivity index (χ3v) is 19.4. The molecule has 0 aliphatic heterocycles. The zero-order chi connectivity index (χ0) is 30.8. The Labute approximate surface area is 277 Å². The van der Waals surface area contributed by atoms with E-state index >= 15 is 0 Å². The van der Waals surface area contributed by atoms with Crippen molar-refractivity contribution < 1.29 is 0 Å². The Morgan fingerprint density at radius 2 is 0.659 bits per heavy atom. The summed E-state index contributed by atoms with van der Waals surface area (Å²) < 4.78 is 0. The molecule has 44 heavy (non-hydrogen) atoms. The van der Waals surface area contributed by atoms with Crippen molar-refractivity contribution in [2.24, 2.45) is 0 Å². The van der Waals surface area contributed by atoms with Crippen LogP contribution in [0.3, 0.4) is 0 Å². The minimum absolute atomic E-state index is 1.17. The molecule has 0 aromatic heterocycles. The fourth-order valence-corrected chi connectivity index (χ4v) is 14.4. The monoisotopic (exact) mass is 670 g/mol. The SMILES string of the molecule is CCCCCCCCCCCCCCCCCCc1ccc(P(Br)(c2ccccc2)(c2ccccc2)c2ccccc2)cc1. The Bertz CT molecular complexity index is 1200. The van der Waals surface area contributed by atoms with Gasteiger partial charge in [-0.1, -0.05) is 64.7 Å². The van der Waals surface area contributed by atoms with E-state index in [2.05, 4.69) is 138 Å². The molecule has 0 heterocycles. The number of rotatable bonds is 21. The van der Waals surface area contributed by atoms with Gasteiger partial charge in [-0.25, -0.2) is 0 Å². The Hall–Kier alpha value is -2.21. The first-order valence-electron chi connectivity index (χ1n) is 17.7. The molecule has 4 rings (SSSR count). The first-order chi connectivity index (χ1) is 21.7. The van der Waals surface area contributed by atoms with Crippen LogP contribution in [0.15, 0.2) is 115 Å². The predicted molar refractivity (Wildman–Crippen MR) is 203 cm³/mol. The van der Waals surface area contributed by atoms with Crippen molar-refractivity contribution in [2.45, 2.75) is 116 Å². The number of hydrogen-bond donors (Lipinski definition) is 0. The molecule has 0 aliphatic carbocycles. The minimum atomic E-state index is -3.11. The summed E-state index contributed by atoms with van der Waals surface area (Å²) in [7, 11) is 0. The van der Waals surface area contributed by atoms with Crippen molar-refractivity contribution in [3.63, 3.8) is 0 Å². The average molecular weight is 672 g/mol. The second kappa shape index (κ2) is 18.7. The molecule has 0 atom stereocenters. The standard InChI is InChI=1S/C42H56BrP/c1-2-3-4-5-6-7-8-9-10-11-12-13-14-15-16-20-27-38-34-36-42(37-35-38)44(43,39-28-21-17-22-29-39,40-30-23-18-24-31-40)41-32-25-19-26-33-41/h17-19,21-26,28-37H,2-16,20,27H2,1H3. The number of unbranched alkanes of at least 4 members (excludes halogenated alkanes) is 15. The molecule has 0 N–H and O–H groups in total. The van der Waals surface area contributed by atoms with Crippen LogP contribution in [-0.2, 0) is 6.42 Å². The van der Waals surface area contributed by atoms with Gasteiger partial charge in [-0.15, -0.1) is 0 Å². The van der Waals surface area contributed by atoms with E-state index in [9.17, 15) is 0 Å². The fourth-order valence-electron chi connectivity index (χ4n) is 6.84. The number of hydrogen-bond acceptors (Lipinski definition) is 0. The molecule has 0 amide bonds. The molecule has 0 fully saturated rings. The third-order valence-electron chi connectivity index (χ3n) is 9.46. The van der Waals surface area contributed by atoms with Gasteiger partial charge in [0.25, 0.3) is 0 Å². The van der Waals surface area contributed by atoms with Crippen LogP contribution in [0.25, 0.3) is 0 Å². The molecule has 4 aromatic rings. The van der Waals surface area contributed by atoms with E-state index < -0.39 is 5.31 Å². The van der Waals surface area contributed by atoms with Crippen molar-refractivity contribution in [1.82, 2.24) is 0 Å². The third kappa shape index (κ3) is 8.95. The van der Waals surface area contributed by atoms with Crippen LogP contribution < -0.4 is 21.2 Å². The predicted octanol–water partition coefficient (Wildman–Crippen LogP) is 12.0. The molecule has 0 radical (unpaired) electrons. The van der Waals surface area contributed by atoms with Gasteiger partial charge in [0, 0.05) is 0 Å².